The Kier molecular flexibility index (Phi) is 7.77. The van der Waals surface area contributed by atoms with Crippen LogP contribution in [0, 0.1) is 0 Å². The van der Waals surface area contributed by atoms with Gasteiger partial charge in [0.1, 0.15) is 0 Å². The summed E-state index contributed by atoms with van der Waals surface area (Å²) in [6.45, 7) is 0. The Bertz CT molecular complexity index is 2570. The first-order chi connectivity index (χ1) is 24.8. The molecule has 0 spiro atoms. The highest BCUT2D eigenvalue weighted by molar-refractivity contribution is 7.25. The molecule has 0 radical (unpaired) electrons. The molecule has 0 saturated heterocycles. The zero-order valence-electron chi connectivity index (χ0n) is 27.4. The van der Waals surface area contributed by atoms with Gasteiger partial charge in [-0.1, -0.05) is 140 Å². The third-order valence-corrected chi connectivity index (χ3v) is 10.6. The van der Waals surface area contributed by atoms with Gasteiger partial charge in [-0.25, -0.2) is 0 Å². The number of thiophene rings is 1. The van der Waals surface area contributed by atoms with Crippen LogP contribution in [0.15, 0.2) is 200 Å². The second-order valence-corrected chi connectivity index (χ2v) is 13.7. The van der Waals surface area contributed by atoms with Gasteiger partial charge in [0.2, 0.25) is 0 Å². The Labute approximate surface area is 297 Å². The molecule has 9 aromatic rings. The summed E-state index contributed by atoms with van der Waals surface area (Å²) < 4.78 is 2.66. The van der Waals surface area contributed by atoms with Crippen molar-refractivity contribution in [3.63, 3.8) is 0 Å². The highest BCUT2D eigenvalue weighted by atomic mass is 32.1. The Balaban J connectivity index is 1.08. The predicted octanol–water partition coefficient (Wildman–Crippen LogP) is 14.2. The van der Waals surface area contributed by atoms with Crippen LogP contribution in [0.5, 0.6) is 0 Å². The Morgan fingerprint density at radius 1 is 0.260 bits per heavy atom. The molecule has 1 aromatic heterocycles. The van der Waals surface area contributed by atoms with Gasteiger partial charge in [-0.15, -0.1) is 11.3 Å². The van der Waals surface area contributed by atoms with Crippen molar-refractivity contribution in [3.05, 3.63) is 200 Å². The van der Waals surface area contributed by atoms with Crippen LogP contribution in [0.2, 0.25) is 0 Å². The molecular weight excluding hydrogens is 623 g/mol. The van der Waals surface area contributed by atoms with Crippen molar-refractivity contribution in [3.8, 4) is 44.5 Å². The standard InChI is InChI=1S/C48H33NS/c1-3-11-34(12-4-1)36-21-26-42(27-22-36)49(44-18-10-17-40(32-44)35-13-5-2-6-14-35)43-28-23-37(24-29-43)38-15-9-16-39(31-38)41-25-30-48-46(33-41)45-19-7-8-20-47(45)50-48/h1-33H. The van der Waals surface area contributed by atoms with Crippen molar-refractivity contribution in [2.24, 2.45) is 0 Å². The summed E-state index contributed by atoms with van der Waals surface area (Å²) in [5.41, 5.74) is 13.0. The average molecular weight is 656 g/mol. The van der Waals surface area contributed by atoms with Crippen molar-refractivity contribution in [1.29, 1.82) is 0 Å². The summed E-state index contributed by atoms with van der Waals surface area (Å²) in [5, 5.41) is 2.65. The summed E-state index contributed by atoms with van der Waals surface area (Å²) in [7, 11) is 0. The lowest BCUT2D eigenvalue weighted by molar-refractivity contribution is 1.28. The summed E-state index contributed by atoms with van der Waals surface area (Å²) in [5.74, 6) is 0. The lowest BCUT2D eigenvalue weighted by atomic mass is 9.97. The van der Waals surface area contributed by atoms with Crippen LogP contribution in [0.1, 0.15) is 0 Å². The molecule has 9 rings (SSSR count). The van der Waals surface area contributed by atoms with E-state index in [9.17, 15) is 0 Å². The zero-order chi connectivity index (χ0) is 33.3. The second-order valence-electron chi connectivity index (χ2n) is 12.6. The monoisotopic (exact) mass is 655 g/mol. The number of anilines is 3. The number of benzene rings is 8. The maximum Gasteiger partial charge on any atom is 0.0467 e. The number of hydrogen-bond donors (Lipinski definition) is 0. The van der Waals surface area contributed by atoms with Crippen molar-refractivity contribution >= 4 is 48.6 Å². The van der Waals surface area contributed by atoms with Crippen LogP contribution in [0.4, 0.5) is 17.1 Å². The smallest absolute Gasteiger partial charge is 0.0467 e. The molecule has 50 heavy (non-hydrogen) atoms. The van der Waals surface area contributed by atoms with Crippen LogP contribution < -0.4 is 4.90 Å². The second kappa shape index (κ2) is 13.0. The fourth-order valence-electron chi connectivity index (χ4n) is 6.92. The Morgan fingerprint density at radius 3 is 1.38 bits per heavy atom. The van der Waals surface area contributed by atoms with Crippen molar-refractivity contribution in [2.75, 3.05) is 4.90 Å². The molecule has 0 amide bonds. The van der Waals surface area contributed by atoms with E-state index < -0.39 is 0 Å². The summed E-state index contributed by atoms with van der Waals surface area (Å²) in [6.07, 6.45) is 0. The topological polar surface area (TPSA) is 3.24 Å². The van der Waals surface area contributed by atoms with Crippen molar-refractivity contribution < 1.29 is 0 Å². The lowest BCUT2D eigenvalue weighted by Gasteiger charge is -2.26. The molecule has 0 aliphatic heterocycles. The fourth-order valence-corrected chi connectivity index (χ4v) is 8.01. The highest BCUT2D eigenvalue weighted by Crippen LogP contribution is 2.40. The summed E-state index contributed by atoms with van der Waals surface area (Å²) in [4.78, 5) is 2.35. The maximum absolute atomic E-state index is 2.35. The molecule has 1 heterocycles. The molecule has 236 valence electrons. The van der Waals surface area contributed by atoms with Gasteiger partial charge in [-0.05, 0) is 105 Å². The molecule has 0 unspecified atom stereocenters. The third kappa shape index (κ3) is 5.77. The Hall–Kier alpha value is -6.22. The van der Waals surface area contributed by atoms with Crippen LogP contribution in [0.25, 0.3) is 64.7 Å². The van der Waals surface area contributed by atoms with Gasteiger partial charge in [-0.3, -0.25) is 0 Å². The van der Waals surface area contributed by atoms with Crippen LogP contribution >= 0.6 is 11.3 Å². The van der Waals surface area contributed by atoms with E-state index in [0.29, 0.717) is 0 Å². The molecule has 0 N–H and O–H groups in total. The van der Waals surface area contributed by atoms with Gasteiger partial charge in [0.25, 0.3) is 0 Å². The minimum absolute atomic E-state index is 1.11. The van der Waals surface area contributed by atoms with Gasteiger partial charge < -0.3 is 4.90 Å². The lowest BCUT2D eigenvalue weighted by Crippen LogP contribution is -2.10. The zero-order valence-corrected chi connectivity index (χ0v) is 28.2. The normalized spacial score (nSPS) is 11.2. The largest absolute Gasteiger partial charge is 0.310 e. The minimum atomic E-state index is 1.11. The average Bonchev–Trinajstić information content (AvgIpc) is 3.57. The Morgan fingerprint density at radius 2 is 0.700 bits per heavy atom. The van der Waals surface area contributed by atoms with Crippen molar-refractivity contribution in [1.82, 2.24) is 0 Å². The van der Waals surface area contributed by atoms with E-state index in [-0.39, 0.29) is 0 Å². The van der Waals surface area contributed by atoms with Gasteiger partial charge in [-0.2, -0.15) is 0 Å². The molecule has 1 nitrogen and oxygen atoms in total. The van der Waals surface area contributed by atoms with E-state index in [1.54, 1.807) is 0 Å². The van der Waals surface area contributed by atoms with Gasteiger partial charge in [0, 0.05) is 37.2 Å². The first-order valence-corrected chi connectivity index (χ1v) is 17.8. The number of rotatable bonds is 7. The maximum atomic E-state index is 2.35. The van der Waals surface area contributed by atoms with E-state index in [2.05, 4.69) is 205 Å². The number of nitrogens with zero attached hydrogens (tertiary/aromatic N) is 1. The third-order valence-electron chi connectivity index (χ3n) is 9.48. The van der Waals surface area contributed by atoms with Crippen LogP contribution in [0.3, 0.4) is 0 Å². The molecule has 0 bridgehead atoms. The van der Waals surface area contributed by atoms with E-state index in [4.69, 9.17) is 0 Å². The van der Waals surface area contributed by atoms with E-state index in [1.165, 1.54) is 64.7 Å². The van der Waals surface area contributed by atoms with E-state index in [1.807, 2.05) is 11.3 Å². The molecule has 0 fully saturated rings. The molecule has 0 aliphatic rings. The van der Waals surface area contributed by atoms with Crippen LogP contribution in [-0.2, 0) is 0 Å². The highest BCUT2D eigenvalue weighted by Gasteiger charge is 2.15. The predicted molar refractivity (Wildman–Crippen MR) is 216 cm³/mol. The van der Waals surface area contributed by atoms with E-state index >= 15 is 0 Å². The number of hydrogen-bond acceptors (Lipinski definition) is 2. The van der Waals surface area contributed by atoms with Gasteiger partial charge >= 0.3 is 0 Å². The first-order valence-electron chi connectivity index (χ1n) is 17.0. The number of fused-ring (bicyclic) bond motifs is 3. The van der Waals surface area contributed by atoms with Gasteiger partial charge in [0.15, 0.2) is 0 Å². The van der Waals surface area contributed by atoms with Crippen LogP contribution in [-0.4, -0.2) is 0 Å². The first kappa shape index (κ1) is 29.9. The molecule has 0 aliphatic carbocycles. The quantitative estimate of drug-likeness (QED) is 0.165. The molecule has 8 aromatic carbocycles. The minimum Gasteiger partial charge on any atom is -0.310 e. The fraction of sp³-hybridized carbons (Fsp3) is 0. The summed E-state index contributed by atoms with van der Waals surface area (Å²) in [6, 6.07) is 72.3. The van der Waals surface area contributed by atoms with Gasteiger partial charge in [0.05, 0.1) is 0 Å². The SMILES string of the molecule is c1ccc(-c2ccc(N(c3ccc(-c4cccc(-c5ccc6sc7ccccc7c6c5)c4)cc3)c3cccc(-c4ccccc4)c3)cc2)cc1. The molecule has 0 saturated carbocycles. The molecule has 2 heteroatoms. The molecular formula is C48H33NS. The van der Waals surface area contributed by atoms with E-state index in [0.717, 1.165) is 17.1 Å². The summed E-state index contributed by atoms with van der Waals surface area (Å²) >= 11 is 1.86. The molecule has 0 atom stereocenters. The van der Waals surface area contributed by atoms with Crippen molar-refractivity contribution in [2.45, 2.75) is 0 Å².